The molecule has 0 fully saturated rings. The molecule has 90 valence electrons. The molecule has 0 aromatic heterocycles. The Kier molecular flexibility index (Phi) is 5.31. The van der Waals surface area contributed by atoms with E-state index in [0.29, 0.717) is 5.75 Å². The SMILES string of the molecule is CS(=O)(=O)CCSCC(N)c1ccccc1. The molecule has 1 aromatic rings. The van der Waals surface area contributed by atoms with E-state index in [1.807, 2.05) is 30.3 Å². The average molecular weight is 259 g/mol. The van der Waals surface area contributed by atoms with E-state index in [1.165, 1.54) is 6.26 Å². The Balaban J connectivity index is 2.29. The molecule has 0 aliphatic heterocycles. The maximum Gasteiger partial charge on any atom is 0.148 e. The van der Waals surface area contributed by atoms with Crippen LogP contribution in [0.15, 0.2) is 30.3 Å². The Morgan fingerprint density at radius 2 is 1.94 bits per heavy atom. The first-order valence-corrected chi connectivity index (χ1v) is 8.26. The lowest BCUT2D eigenvalue weighted by atomic mass is 10.1. The molecule has 5 heteroatoms. The number of sulfone groups is 1. The monoisotopic (exact) mass is 259 g/mol. The molecule has 2 N–H and O–H groups in total. The summed E-state index contributed by atoms with van der Waals surface area (Å²) in [6, 6.07) is 9.81. The molecule has 0 aliphatic rings. The second kappa shape index (κ2) is 6.27. The maximum atomic E-state index is 10.9. The van der Waals surface area contributed by atoms with Crippen molar-refractivity contribution in [2.75, 3.05) is 23.5 Å². The lowest BCUT2D eigenvalue weighted by molar-refractivity contribution is 0.603. The van der Waals surface area contributed by atoms with Gasteiger partial charge in [-0.15, -0.1) is 0 Å². The number of rotatable bonds is 6. The molecule has 0 saturated carbocycles. The van der Waals surface area contributed by atoms with Crippen LogP contribution in [0.4, 0.5) is 0 Å². The third-order valence-electron chi connectivity index (χ3n) is 2.12. The molecule has 0 heterocycles. The summed E-state index contributed by atoms with van der Waals surface area (Å²) in [5, 5.41) is 0. The lowest BCUT2D eigenvalue weighted by Gasteiger charge is -2.10. The topological polar surface area (TPSA) is 60.2 Å². The molecule has 0 bridgehead atoms. The summed E-state index contributed by atoms with van der Waals surface area (Å²) >= 11 is 1.58. The van der Waals surface area contributed by atoms with Crippen LogP contribution in [0.25, 0.3) is 0 Å². The fourth-order valence-corrected chi connectivity index (χ4v) is 3.51. The highest BCUT2D eigenvalue weighted by atomic mass is 32.2. The fourth-order valence-electron chi connectivity index (χ4n) is 1.22. The van der Waals surface area contributed by atoms with Crippen LogP contribution in [0.2, 0.25) is 0 Å². The molecular weight excluding hydrogens is 242 g/mol. The van der Waals surface area contributed by atoms with Crippen molar-refractivity contribution in [3.8, 4) is 0 Å². The molecule has 0 saturated heterocycles. The quantitative estimate of drug-likeness (QED) is 0.786. The Labute approximate surface area is 101 Å². The molecule has 16 heavy (non-hydrogen) atoms. The van der Waals surface area contributed by atoms with Crippen LogP contribution >= 0.6 is 11.8 Å². The molecule has 1 aromatic carbocycles. The maximum absolute atomic E-state index is 10.9. The van der Waals surface area contributed by atoms with Gasteiger partial charge in [0.15, 0.2) is 0 Å². The largest absolute Gasteiger partial charge is 0.323 e. The van der Waals surface area contributed by atoms with Gasteiger partial charge in [0.05, 0.1) is 5.75 Å². The Hall–Kier alpha value is -0.520. The Morgan fingerprint density at radius 3 is 2.50 bits per heavy atom. The van der Waals surface area contributed by atoms with Crippen molar-refractivity contribution in [2.45, 2.75) is 6.04 Å². The number of hydrogen-bond donors (Lipinski definition) is 1. The summed E-state index contributed by atoms with van der Waals surface area (Å²) in [6.45, 7) is 0. The van der Waals surface area contributed by atoms with E-state index >= 15 is 0 Å². The molecule has 1 atom stereocenters. The van der Waals surface area contributed by atoms with Crippen LogP contribution < -0.4 is 5.73 Å². The molecular formula is C11H17NO2S2. The van der Waals surface area contributed by atoms with Crippen molar-refractivity contribution in [2.24, 2.45) is 5.73 Å². The summed E-state index contributed by atoms with van der Waals surface area (Å²) in [7, 11) is -2.85. The minimum absolute atomic E-state index is 0.0224. The van der Waals surface area contributed by atoms with Crippen molar-refractivity contribution in [1.82, 2.24) is 0 Å². The van der Waals surface area contributed by atoms with Gasteiger partial charge < -0.3 is 5.73 Å². The zero-order chi connectivity index (χ0) is 12.0. The Morgan fingerprint density at radius 1 is 1.31 bits per heavy atom. The first-order valence-electron chi connectivity index (χ1n) is 5.05. The lowest BCUT2D eigenvalue weighted by Crippen LogP contribution is -2.14. The fraction of sp³-hybridized carbons (Fsp3) is 0.455. The van der Waals surface area contributed by atoms with E-state index in [0.717, 1.165) is 11.3 Å². The van der Waals surface area contributed by atoms with Crippen molar-refractivity contribution >= 4 is 21.6 Å². The van der Waals surface area contributed by atoms with E-state index in [2.05, 4.69) is 0 Å². The summed E-state index contributed by atoms with van der Waals surface area (Å²) in [5.74, 6) is 1.58. The van der Waals surface area contributed by atoms with Crippen LogP contribution in [-0.4, -0.2) is 31.9 Å². The van der Waals surface area contributed by atoms with E-state index in [-0.39, 0.29) is 11.8 Å². The Bertz CT molecular complexity index is 403. The van der Waals surface area contributed by atoms with Crippen LogP contribution in [0.3, 0.4) is 0 Å². The minimum Gasteiger partial charge on any atom is -0.323 e. The smallest absolute Gasteiger partial charge is 0.148 e. The third-order valence-corrected chi connectivity index (χ3v) is 4.42. The molecule has 0 radical (unpaired) electrons. The standard InChI is InChI=1S/C11H17NO2S2/c1-16(13,14)8-7-15-9-11(12)10-5-3-2-4-6-10/h2-6,11H,7-9,12H2,1H3. The van der Waals surface area contributed by atoms with Gasteiger partial charge in [-0.2, -0.15) is 11.8 Å². The second-order valence-corrected chi connectivity index (χ2v) is 7.13. The van der Waals surface area contributed by atoms with Gasteiger partial charge in [-0.3, -0.25) is 0 Å². The summed E-state index contributed by atoms with van der Waals surface area (Å²) < 4.78 is 21.8. The van der Waals surface area contributed by atoms with Crippen LogP contribution in [0, 0.1) is 0 Å². The van der Waals surface area contributed by atoms with Crippen molar-refractivity contribution in [3.63, 3.8) is 0 Å². The predicted molar refractivity (Wildman–Crippen MR) is 70.4 cm³/mol. The highest BCUT2D eigenvalue weighted by Crippen LogP contribution is 2.15. The van der Waals surface area contributed by atoms with Crippen molar-refractivity contribution < 1.29 is 8.42 Å². The number of nitrogens with two attached hydrogens (primary N) is 1. The van der Waals surface area contributed by atoms with Crippen LogP contribution in [0.5, 0.6) is 0 Å². The average Bonchev–Trinajstić information content (AvgIpc) is 2.24. The van der Waals surface area contributed by atoms with E-state index in [9.17, 15) is 8.42 Å². The number of hydrogen-bond acceptors (Lipinski definition) is 4. The van der Waals surface area contributed by atoms with Crippen LogP contribution in [0.1, 0.15) is 11.6 Å². The molecule has 1 unspecified atom stereocenters. The molecule has 0 amide bonds. The van der Waals surface area contributed by atoms with Gasteiger partial charge in [0.25, 0.3) is 0 Å². The molecule has 3 nitrogen and oxygen atoms in total. The van der Waals surface area contributed by atoms with E-state index in [4.69, 9.17) is 5.73 Å². The minimum atomic E-state index is -2.85. The van der Waals surface area contributed by atoms with Gasteiger partial charge >= 0.3 is 0 Å². The predicted octanol–water partition coefficient (Wildman–Crippen LogP) is 1.46. The third kappa shape index (κ3) is 5.53. The van der Waals surface area contributed by atoms with Gasteiger partial charge in [0, 0.05) is 23.8 Å². The van der Waals surface area contributed by atoms with E-state index < -0.39 is 9.84 Å². The highest BCUT2D eigenvalue weighted by Gasteiger charge is 2.06. The zero-order valence-electron chi connectivity index (χ0n) is 9.30. The van der Waals surface area contributed by atoms with Gasteiger partial charge in [0.1, 0.15) is 9.84 Å². The molecule has 1 rings (SSSR count). The zero-order valence-corrected chi connectivity index (χ0v) is 10.9. The van der Waals surface area contributed by atoms with Crippen molar-refractivity contribution in [3.05, 3.63) is 35.9 Å². The summed E-state index contributed by atoms with van der Waals surface area (Å²) in [5.41, 5.74) is 7.07. The van der Waals surface area contributed by atoms with Gasteiger partial charge in [-0.25, -0.2) is 8.42 Å². The van der Waals surface area contributed by atoms with Gasteiger partial charge in [-0.05, 0) is 5.56 Å². The summed E-state index contributed by atoms with van der Waals surface area (Å²) in [6.07, 6.45) is 1.25. The normalized spacial score (nSPS) is 13.6. The van der Waals surface area contributed by atoms with Gasteiger partial charge in [0.2, 0.25) is 0 Å². The number of thioether (sulfide) groups is 1. The second-order valence-electron chi connectivity index (χ2n) is 3.72. The first-order chi connectivity index (χ1) is 7.49. The highest BCUT2D eigenvalue weighted by molar-refractivity contribution is 8.00. The summed E-state index contributed by atoms with van der Waals surface area (Å²) in [4.78, 5) is 0. The van der Waals surface area contributed by atoms with Gasteiger partial charge in [-0.1, -0.05) is 30.3 Å². The number of benzene rings is 1. The van der Waals surface area contributed by atoms with Crippen molar-refractivity contribution in [1.29, 1.82) is 0 Å². The van der Waals surface area contributed by atoms with Crippen LogP contribution in [-0.2, 0) is 9.84 Å². The van der Waals surface area contributed by atoms with E-state index in [1.54, 1.807) is 11.8 Å². The molecule has 0 aliphatic carbocycles. The molecule has 0 spiro atoms. The first kappa shape index (κ1) is 13.5.